The monoisotopic (exact) mass is 307 g/mol. The maximum absolute atomic E-state index is 13.0. The molecule has 0 bridgehead atoms. The Morgan fingerprint density at radius 1 is 1.50 bits per heavy atom. The maximum atomic E-state index is 13.0. The van der Waals surface area contributed by atoms with Crippen molar-refractivity contribution in [2.75, 3.05) is 5.32 Å². The quantitative estimate of drug-likeness (QED) is 0.785. The van der Waals surface area contributed by atoms with Crippen LogP contribution in [0.2, 0.25) is 5.02 Å². The first kappa shape index (κ1) is 13.8. The third kappa shape index (κ3) is 3.95. The minimum Gasteiger partial charge on any atom is -0.380 e. The molecule has 0 radical (unpaired) electrons. The lowest BCUT2D eigenvalue weighted by molar-refractivity contribution is 0.625. The number of unbranched alkanes of at least 4 members (excludes halogenated alkanes) is 1. The van der Waals surface area contributed by atoms with Crippen LogP contribution in [-0.4, -0.2) is 6.04 Å². The van der Waals surface area contributed by atoms with Crippen molar-refractivity contribution in [1.82, 2.24) is 0 Å². The number of nitrogens with one attached hydrogen (secondary N) is 1. The average Bonchev–Trinajstić information content (AvgIpc) is 2.20. The first-order valence-electron chi connectivity index (χ1n) is 5.45. The Labute approximate surface area is 110 Å². The van der Waals surface area contributed by atoms with Gasteiger partial charge in [-0.15, -0.1) is 0 Å². The Kier molecular flexibility index (Phi) is 5.56. The van der Waals surface area contributed by atoms with E-state index in [2.05, 4.69) is 35.1 Å². The molecule has 1 unspecified atom stereocenters. The van der Waals surface area contributed by atoms with Gasteiger partial charge in [-0.2, -0.15) is 0 Å². The summed E-state index contributed by atoms with van der Waals surface area (Å²) in [6.45, 7) is 4.26. The third-order valence-electron chi connectivity index (χ3n) is 2.39. The molecule has 16 heavy (non-hydrogen) atoms. The molecular weight excluding hydrogens is 292 g/mol. The fourth-order valence-electron chi connectivity index (χ4n) is 1.51. The van der Waals surface area contributed by atoms with Crippen molar-refractivity contribution in [1.29, 1.82) is 0 Å². The summed E-state index contributed by atoms with van der Waals surface area (Å²) < 4.78 is 13.7. The number of hydrogen-bond donors (Lipinski definition) is 1. The summed E-state index contributed by atoms with van der Waals surface area (Å²) in [5, 5.41) is 3.71. The van der Waals surface area contributed by atoms with Gasteiger partial charge in [-0.3, -0.25) is 0 Å². The van der Waals surface area contributed by atoms with E-state index in [9.17, 15) is 4.39 Å². The van der Waals surface area contributed by atoms with Crippen LogP contribution in [0.25, 0.3) is 0 Å². The Balaban J connectivity index is 2.73. The largest absolute Gasteiger partial charge is 0.380 e. The zero-order chi connectivity index (χ0) is 12.1. The highest BCUT2D eigenvalue weighted by molar-refractivity contribution is 9.10. The van der Waals surface area contributed by atoms with Gasteiger partial charge < -0.3 is 5.32 Å². The van der Waals surface area contributed by atoms with E-state index in [4.69, 9.17) is 11.6 Å². The summed E-state index contributed by atoms with van der Waals surface area (Å²) in [5.74, 6) is -0.330. The second-order valence-electron chi connectivity index (χ2n) is 3.93. The van der Waals surface area contributed by atoms with E-state index in [0.717, 1.165) is 12.1 Å². The fraction of sp³-hybridized carbons (Fsp3) is 0.500. The minimum absolute atomic E-state index is 0.330. The van der Waals surface area contributed by atoms with Gasteiger partial charge in [0.25, 0.3) is 0 Å². The van der Waals surface area contributed by atoms with Crippen molar-refractivity contribution in [3.8, 4) is 0 Å². The van der Waals surface area contributed by atoms with Crippen molar-refractivity contribution in [2.24, 2.45) is 0 Å². The van der Waals surface area contributed by atoms with Crippen molar-refractivity contribution in [3.63, 3.8) is 0 Å². The van der Waals surface area contributed by atoms with Crippen LogP contribution in [0.3, 0.4) is 0 Å². The molecule has 0 saturated heterocycles. The Bertz CT molecular complexity index is 334. The zero-order valence-corrected chi connectivity index (χ0v) is 11.8. The molecule has 1 aromatic rings. The maximum Gasteiger partial charge on any atom is 0.125 e. The van der Waals surface area contributed by atoms with Crippen LogP contribution in [0.4, 0.5) is 10.1 Å². The summed E-state index contributed by atoms with van der Waals surface area (Å²) in [4.78, 5) is 0. The molecule has 0 heterocycles. The number of benzene rings is 1. The van der Waals surface area contributed by atoms with Gasteiger partial charge in [0, 0.05) is 10.5 Å². The van der Waals surface area contributed by atoms with Gasteiger partial charge >= 0.3 is 0 Å². The van der Waals surface area contributed by atoms with Crippen molar-refractivity contribution in [2.45, 2.75) is 39.2 Å². The van der Waals surface area contributed by atoms with Gasteiger partial charge in [-0.25, -0.2) is 4.39 Å². The summed E-state index contributed by atoms with van der Waals surface area (Å²) >= 11 is 9.29. The summed E-state index contributed by atoms with van der Waals surface area (Å²) in [6, 6.07) is 3.07. The predicted octanol–water partition coefficient (Wildman–Crippen LogP) is 5.23. The Morgan fingerprint density at radius 2 is 2.19 bits per heavy atom. The van der Waals surface area contributed by atoms with Gasteiger partial charge in [0.1, 0.15) is 5.82 Å². The zero-order valence-electron chi connectivity index (χ0n) is 9.49. The van der Waals surface area contributed by atoms with E-state index < -0.39 is 0 Å². The van der Waals surface area contributed by atoms with E-state index in [-0.39, 0.29) is 5.82 Å². The summed E-state index contributed by atoms with van der Waals surface area (Å²) in [5.41, 5.74) is 0.770. The van der Waals surface area contributed by atoms with Crippen molar-refractivity contribution < 1.29 is 4.39 Å². The molecule has 0 amide bonds. The number of hydrogen-bond acceptors (Lipinski definition) is 1. The van der Waals surface area contributed by atoms with Crippen LogP contribution in [0.1, 0.15) is 33.1 Å². The smallest absolute Gasteiger partial charge is 0.125 e. The second-order valence-corrected chi connectivity index (χ2v) is 5.19. The van der Waals surface area contributed by atoms with E-state index in [0.29, 0.717) is 15.5 Å². The van der Waals surface area contributed by atoms with Crippen molar-refractivity contribution >= 4 is 33.2 Å². The second kappa shape index (κ2) is 6.45. The highest BCUT2D eigenvalue weighted by atomic mass is 79.9. The molecular formula is C12H16BrClFN. The van der Waals surface area contributed by atoms with Crippen LogP contribution >= 0.6 is 27.5 Å². The van der Waals surface area contributed by atoms with Gasteiger partial charge in [0.05, 0.1) is 10.7 Å². The molecule has 90 valence electrons. The highest BCUT2D eigenvalue weighted by Gasteiger charge is 2.10. The van der Waals surface area contributed by atoms with Gasteiger partial charge in [-0.05, 0) is 41.4 Å². The third-order valence-corrected chi connectivity index (χ3v) is 3.31. The van der Waals surface area contributed by atoms with Crippen LogP contribution in [0.5, 0.6) is 0 Å². The first-order chi connectivity index (χ1) is 7.54. The molecule has 1 atom stereocenters. The lowest BCUT2D eigenvalue weighted by Crippen LogP contribution is -2.15. The lowest BCUT2D eigenvalue weighted by Gasteiger charge is -2.17. The van der Waals surface area contributed by atoms with Gasteiger partial charge in [0.15, 0.2) is 0 Å². The van der Waals surface area contributed by atoms with E-state index in [1.54, 1.807) is 0 Å². The molecule has 1 N–H and O–H groups in total. The van der Waals surface area contributed by atoms with Crippen LogP contribution in [0, 0.1) is 5.82 Å². The van der Waals surface area contributed by atoms with Crippen LogP contribution in [-0.2, 0) is 0 Å². The van der Waals surface area contributed by atoms with E-state index in [1.807, 2.05) is 0 Å². The average molecular weight is 309 g/mol. The number of halogens is 3. The normalized spacial score (nSPS) is 12.6. The van der Waals surface area contributed by atoms with Gasteiger partial charge in [-0.1, -0.05) is 31.4 Å². The molecule has 1 nitrogen and oxygen atoms in total. The molecule has 0 spiro atoms. The molecule has 0 aliphatic heterocycles. The molecule has 1 rings (SSSR count). The SMILES string of the molecule is CCCCC(C)Nc1c(Cl)cc(F)cc1Br. The molecule has 0 fully saturated rings. The lowest BCUT2D eigenvalue weighted by atomic mass is 10.1. The number of anilines is 1. The van der Waals surface area contributed by atoms with E-state index in [1.165, 1.54) is 25.0 Å². The Morgan fingerprint density at radius 3 is 2.75 bits per heavy atom. The van der Waals surface area contributed by atoms with E-state index >= 15 is 0 Å². The molecule has 0 saturated carbocycles. The Hall–Kier alpha value is -0.280. The number of rotatable bonds is 5. The fourth-order valence-corrected chi connectivity index (χ4v) is 2.43. The molecule has 4 heteroatoms. The minimum atomic E-state index is -0.330. The topological polar surface area (TPSA) is 12.0 Å². The molecule has 0 aromatic heterocycles. The van der Waals surface area contributed by atoms with Gasteiger partial charge in [0.2, 0.25) is 0 Å². The molecule has 1 aromatic carbocycles. The molecule has 0 aliphatic rings. The predicted molar refractivity (Wildman–Crippen MR) is 71.7 cm³/mol. The summed E-state index contributed by atoms with van der Waals surface area (Å²) in [7, 11) is 0. The van der Waals surface area contributed by atoms with Crippen molar-refractivity contribution in [3.05, 3.63) is 27.4 Å². The molecule has 0 aliphatic carbocycles. The van der Waals surface area contributed by atoms with Crippen LogP contribution < -0.4 is 5.32 Å². The summed E-state index contributed by atoms with van der Waals surface area (Å²) in [6.07, 6.45) is 3.42. The standard InChI is InChI=1S/C12H16BrClFN/c1-3-4-5-8(2)16-12-10(13)6-9(15)7-11(12)14/h6-8,16H,3-5H2,1-2H3. The van der Waals surface area contributed by atoms with Crippen LogP contribution in [0.15, 0.2) is 16.6 Å². The highest BCUT2D eigenvalue weighted by Crippen LogP contribution is 2.32. The first-order valence-corrected chi connectivity index (χ1v) is 6.62.